The van der Waals surface area contributed by atoms with Crippen LogP contribution in [0.15, 0.2) is 24.3 Å². The molecule has 0 aliphatic carbocycles. The van der Waals surface area contributed by atoms with E-state index >= 15 is 0 Å². The van der Waals surface area contributed by atoms with Gasteiger partial charge in [0.2, 0.25) is 5.91 Å². The van der Waals surface area contributed by atoms with E-state index in [1.165, 1.54) is 24.9 Å². The van der Waals surface area contributed by atoms with Gasteiger partial charge in [-0.3, -0.25) is 4.79 Å². The Bertz CT molecular complexity index is 466. The number of carbonyl (C=O) groups excluding carboxylic acids is 1. The molecule has 2 aliphatic rings. The molecule has 2 saturated heterocycles. The first kappa shape index (κ1) is 13.4. The zero-order valence-electron chi connectivity index (χ0n) is 11.8. The maximum atomic E-state index is 11.9. The number of aliphatic hydroxyl groups is 1. The Morgan fingerprint density at radius 1 is 1.05 bits per heavy atom. The number of hydrogen-bond donors (Lipinski definition) is 1. The predicted octanol–water partition coefficient (Wildman–Crippen LogP) is 2.02. The van der Waals surface area contributed by atoms with Crippen molar-refractivity contribution in [2.24, 2.45) is 5.92 Å². The van der Waals surface area contributed by atoms with Crippen molar-refractivity contribution in [1.82, 2.24) is 0 Å². The fourth-order valence-electron chi connectivity index (χ4n) is 3.15. The van der Waals surface area contributed by atoms with Crippen molar-refractivity contribution >= 4 is 17.3 Å². The molecular weight excluding hydrogens is 252 g/mol. The molecule has 0 spiro atoms. The molecule has 108 valence electrons. The smallest absolute Gasteiger partial charge is 0.227 e. The van der Waals surface area contributed by atoms with Crippen LogP contribution < -0.4 is 9.80 Å². The molecular formula is C16H22N2O2. The molecule has 1 aromatic carbocycles. The van der Waals surface area contributed by atoms with Gasteiger partial charge in [-0.1, -0.05) is 0 Å². The Hall–Kier alpha value is -1.55. The number of piperidine rings is 1. The highest BCUT2D eigenvalue weighted by molar-refractivity contribution is 5.95. The van der Waals surface area contributed by atoms with E-state index in [4.69, 9.17) is 0 Å². The zero-order valence-corrected chi connectivity index (χ0v) is 11.8. The molecule has 0 bridgehead atoms. The van der Waals surface area contributed by atoms with E-state index in [1.54, 1.807) is 4.90 Å². The van der Waals surface area contributed by atoms with Gasteiger partial charge in [-0.15, -0.1) is 0 Å². The number of carbonyl (C=O) groups is 1. The quantitative estimate of drug-likeness (QED) is 0.917. The molecule has 1 atom stereocenters. The second kappa shape index (κ2) is 5.83. The average molecular weight is 274 g/mol. The molecule has 20 heavy (non-hydrogen) atoms. The highest BCUT2D eigenvalue weighted by Gasteiger charge is 2.29. The van der Waals surface area contributed by atoms with Crippen LogP contribution in [0.1, 0.15) is 25.7 Å². The number of nitrogens with zero attached hydrogens (tertiary/aromatic N) is 2. The third kappa shape index (κ3) is 2.66. The molecule has 1 N–H and O–H groups in total. The summed E-state index contributed by atoms with van der Waals surface area (Å²) >= 11 is 0. The largest absolute Gasteiger partial charge is 0.396 e. The first-order valence-electron chi connectivity index (χ1n) is 7.54. The summed E-state index contributed by atoms with van der Waals surface area (Å²) in [7, 11) is 0. The Morgan fingerprint density at radius 3 is 2.30 bits per heavy atom. The van der Waals surface area contributed by atoms with Crippen LogP contribution in [0.5, 0.6) is 0 Å². The number of aliphatic hydroxyl groups excluding tert-OH is 1. The standard InChI is InChI=1S/C16H22N2O2/c19-12-13-10-16(20)18(11-13)15-6-4-14(5-7-15)17-8-2-1-3-9-17/h4-7,13,19H,1-3,8-12H2. The van der Waals surface area contributed by atoms with Gasteiger partial charge in [0.1, 0.15) is 0 Å². The fourth-order valence-corrected chi connectivity index (χ4v) is 3.15. The molecule has 1 amide bonds. The van der Waals surface area contributed by atoms with Crippen molar-refractivity contribution in [3.8, 4) is 0 Å². The van der Waals surface area contributed by atoms with Crippen LogP contribution >= 0.6 is 0 Å². The molecule has 2 aliphatic heterocycles. The SMILES string of the molecule is O=C1CC(CO)CN1c1ccc(N2CCCCC2)cc1. The lowest BCUT2D eigenvalue weighted by Crippen LogP contribution is -2.29. The van der Waals surface area contributed by atoms with E-state index in [2.05, 4.69) is 17.0 Å². The fraction of sp³-hybridized carbons (Fsp3) is 0.562. The highest BCUT2D eigenvalue weighted by Crippen LogP contribution is 2.28. The van der Waals surface area contributed by atoms with Crippen LogP contribution in [0, 0.1) is 5.92 Å². The van der Waals surface area contributed by atoms with E-state index in [-0.39, 0.29) is 18.4 Å². The van der Waals surface area contributed by atoms with Gasteiger partial charge in [-0.2, -0.15) is 0 Å². The van der Waals surface area contributed by atoms with Gasteiger partial charge >= 0.3 is 0 Å². The molecule has 0 aromatic heterocycles. The van der Waals surface area contributed by atoms with E-state index in [0.717, 1.165) is 18.8 Å². The third-order valence-corrected chi connectivity index (χ3v) is 4.35. The third-order valence-electron chi connectivity index (χ3n) is 4.35. The molecule has 1 unspecified atom stereocenters. The minimum Gasteiger partial charge on any atom is -0.396 e. The van der Waals surface area contributed by atoms with E-state index in [1.807, 2.05) is 12.1 Å². The van der Waals surface area contributed by atoms with Crippen molar-refractivity contribution in [3.05, 3.63) is 24.3 Å². The molecule has 4 heteroatoms. The Kier molecular flexibility index (Phi) is 3.92. The first-order chi connectivity index (χ1) is 9.78. The summed E-state index contributed by atoms with van der Waals surface area (Å²) in [6, 6.07) is 8.28. The molecule has 2 heterocycles. The van der Waals surface area contributed by atoms with E-state index in [9.17, 15) is 9.90 Å². The Morgan fingerprint density at radius 2 is 1.70 bits per heavy atom. The minimum atomic E-state index is 0.0873. The van der Waals surface area contributed by atoms with Crippen LogP contribution in [0.4, 0.5) is 11.4 Å². The lowest BCUT2D eigenvalue weighted by atomic mass is 10.1. The Balaban J connectivity index is 1.71. The van der Waals surface area contributed by atoms with Crippen molar-refractivity contribution in [1.29, 1.82) is 0 Å². The average Bonchev–Trinajstić information content (AvgIpc) is 2.89. The molecule has 0 saturated carbocycles. The molecule has 2 fully saturated rings. The summed E-state index contributed by atoms with van der Waals surface area (Å²) in [5, 5.41) is 9.18. The normalized spacial score (nSPS) is 23.4. The van der Waals surface area contributed by atoms with Crippen LogP contribution in [-0.2, 0) is 4.79 Å². The van der Waals surface area contributed by atoms with Gasteiger partial charge in [-0.05, 0) is 43.5 Å². The number of benzene rings is 1. The number of rotatable bonds is 3. The Labute approximate surface area is 120 Å². The van der Waals surface area contributed by atoms with Crippen molar-refractivity contribution in [3.63, 3.8) is 0 Å². The van der Waals surface area contributed by atoms with Crippen LogP contribution in [0.2, 0.25) is 0 Å². The number of hydrogen-bond acceptors (Lipinski definition) is 3. The summed E-state index contributed by atoms with van der Waals surface area (Å²) in [5.74, 6) is 0.207. The van der Waals surface area contributed by atoms with Crippen LogP contribution in [-0.4, -0.2) is 37.3 Å². The lowest BCUT2D eigenvalue weighted by molar-refractivity contribution is -0.117. The maximum Gasteiger partial charge on any atom is 0.227 e. The monoisotopic (exact) mass is 274 g/mol. The summed E-state index contributed by atoms with van der Waals surface area (Å²) in [4.78, 5) is 16.1. The van der Waals surface area contributed by atoms with Crippen molar-refractivity contribution in [2.45, 2.75) is 25.7 Å². The maximum absolute atomic E-state index is 11.9. The summed E-state index contributed by atoms with van der Waals surface area (Å²) < 4.78 is 0. The lowest BCUT2D eigenvalue weighted by Gasteiger charge is -2.29. The van der Waals surface area contributed by atoms with Gasteiger partial charge in [0.05, 0.1) is 0 Å². The number of anilines is 2. The van der Waals surface area contributed by atoms with Crippen molar-refractivity contribution in [2.75, 3.05) is 36.0 Å². The zero-order chi connectivity index (χ0) is 13.9. The van der Waals surface area contributed by atoms with Crippen molar-refractivity contribution < 1.29 is 9.90 Å². The minimum absolute atomic E-state index is 0.0873. The highest BCUT2D eigenvalue weighted by atomic mass is 16.3. The van der Waals surface area contributed by atoms with Gasteiger partial charge in [0.25, 0.3) is 0 Å². The molecule has 0 radical (unpaired) electrons. The van der Waals surface area contributed by atoms with Gasteiger partial charge in [0, 0.05) is 50.0 Å². The predicted molar refractivity (Wildman–Crippen MR) is 80.1 cm³/mol. The van der Waals surface area contributed by atoms with Gasteiger partial charge < -0.3 is 14.9 Å². The summed E-state index contributed by atoms with van der Waals surface area (Å²) in [6.45, 7) is 3.00. The molecule has 4 nitrogen and oxygen atoms in total. The summed E-state index contributed by atoms with van der Waals surface area (Å²) in [5.41, 5.74) is 2.20. The first-order valence-corrected chi connectivity index (χ1v) is 7.54. The van der Waals surface area contributed by atoms with Gasteiger partial charge in [0.15, 0.2) is 0 Å². The second-order valence-electron chi connectivity index (χ2n) is 5.82. The second-order valence-corrected chi connectivity index (χ2v) is 5.82. The number of amides is 1. The topological polar surface area (TPSA) is 43.8 Å². The van der Waals surface area contributed by atoms with Crippen LogP contribution in [0.25, 0.3) is 0 Å². The van der Waals surface area contributed by atoms with Gasteiger partial charge in [-0.25, -0.2) is 0 Å². The summed E-state index contributed by atoms with van der Waals surface area (Å²) in [6.07, 6.45) is 4.33. The molecule has 1 aromatic rings. The molecule has 3 rings (SSSR count). The van der Waals surface area contributed by atoms with E-state index in [0.29, 0.717) is 13.0 Å². The van der Waals surface area contributed by atoms with Crippen LogP contribution in [0.3, 0.4) is 0 Å². The van der Waals surface area contributed by atoms with E-state index < -0.39 is 0 Å².